The Kier molecular flexibility index (Phi) is 10.3. The lowest BCUT2D eigenvalue weighted by Crippen LogP contribution is -2.56. The minimum Gasteiger partial charge on any atom is -0.548 e. The van der Waals surface area contributed by atoms with E-state index in [-0.39, 0.29) is 18.3 Å². The van der Waals surface area contributed by atoms with Crippen molar-refractivity contribution < 1.29 is 29.3 Å². The van der Waals surface area contributed by atoms with Crippen molar-refractivity contribution in [3.05, 3.63) is 65.7 Å². The molecule has 0 radical (unpaired) electrons. The number of benzene rings is 2. The number of carboxylic acid groups (broad SMARTS) is 1. The molecule has 1 aliphatic heterocycles. The average molecular weight is 472 g/mol. The number of hydrogen-bond donors (Lipinski definition) is 4. The molecule has 184 valence electrons. The molecule has 6 N–H and O–H groups in total. The molecule has 1 aliphatic rings. The van der Waals surface area contributed by atoms with Gasteiger partial charge < -0.3 is 25.5 Å². The van der Waals surface area contributed by atoms with E-state index in [0.717, 1.165) is 24.0 Å². The molecule has 34 heavy (non-hydrogen) atoms. The zero-order valence-corrected chi connectivity index (χ0v) is 19.1. The fourth-order valence-corrected chi connectivity index (χ4v) is 3.64. The number of amides is 2. The van der Waals surface area contributed by atoms with Gasteiger partial charge in [0.1, 0.15) is 12.4 Å². The van der Waals surface area contributed by atoms with Crippen LogP contribution in [0.3, 0.4) is 0 Å². The van der Waals surface area contributed by atoms with Crippen LogP contribution in [0, 0.1) is 5.92 Å². The number of hydrazine groups is 1. The van der Waals surface area contributed by atoms with Crippen LogP contribution in [0.25, 0.3) is 0 Å². The van der Waals surface area contributed by atoms with Crippen LogP contribution >= 0.6 is 0 Å². The number of carbonyl (C=O) groups is 3. The van der Waals surface area contributed by atoms with Gasteiger partial charge in [-0.05, 0) is 48.4 Å². The first-order valence-corrected chi connectivity index (χ1v) is 10.9. The van der Waals surface area contributed by atoms with Crippen LogP contribution in [0.4, 0.5) is 4.79 Å². The van der Waals surface area contributed by atoms with Crippen LogP contribution in [0.15, 0.2) is 54.6 Å². The van der Waals surface area contributed by atoms with Crippen molar-refractivity contribution in [2.24, 2.45) is 17.5 Å². The maximum absolute atomic E-state index is 12.0. The normalized spacial score (nSPS) is 18.1. The van der Waals surface area contributed by atoms with Gasteiger partial charge in [-0.1, -0.05) is 49.4 Å². The van der Waals surface area contributed by atoms with Crippen molar-refractivity contribution in [3.8, 4) is 5.75 Å². The van der Waals surface area contributed by atoms with Crippen LogP contribution in [0.2, 0.25) is 0 Å². The third kappa shape index (κ3) is 8.05. The van der Waals surface area contributed by atoms with E-state index in [1.165, 1.54) is 4.90 Å². The Morgan fingerprint density at radius 2 is 1.79 bits per heavy atom. The van der Waals surface area contributed by atoms with Crippen molar-refractivity contribution in [2.75, 3.05) is 6.54 Å². The van der Waals surface area contributed by atoms with Crippen LogP contribution in [0.5, 0.6) is 5.75 Å². The number of carbonyl (C=O) groups excluding carboxylic acids is 3. The maximum atomic E-state index is 12.0. The number of piperidine rings is 1. The number of phenols is 1. The molecule has 1 fully saturated rings. The summed E-state index contributed by atoms with van der Waals surface area (Å²) in [6.07, 6.45) is 1.37. The lowest BCUT2D eigenvalue weighted by Gasteiger charge is -2.39. The van der Waals surface area contributed by atoms with Crippen LogP contribution in [-0.4, -0.2) is 46.6 Å². The summed E-state index contributed by atoms with van der Waals surface area (Å²) in [5.41, 5.74) is 9.27. The lowest BCUT2D eigenvalue weighted by molar-refractivity contribution is -0.313. The monoisotopic (exact) mass is 471 g/mol. The molecule has 0 spiro atoms. The minimum atomic E-state index is -1.21. The molecule has 10 nitrogen and oxygen atoms in total. The van der Waals surface area contributed by atoms with Gasteiger partial charge >= 0.3 is 6.09 Å². The fraction of sp³-hybridized carbons (Fsp3) is 0.375. The van der Waals surface area contributed by atoms with E-state index in [9.17, 15) is 19.5 Å². The van der Waals surface area contributed by atoms with E-state index in [0.29, 0.717) is 13.0 Å². The molecule has 1 heterocycles. The topological polar surface area (TPSA) is 171 Å². The number of likely N-dealkylation sites (tertiary alicyclic amines) is 1. The van der Waals surface area contributed by atoms with E-state index >= 15 is 0 Å². The smallest absolute Gasteiger partial charge is 0.410 e. The quantitative estimate of drug-likeness (QED) is 0.267. The van der Waals surface area contributed by atoms with Crippen LogP contribution in [0.1, 0.15) is 30.9 Å². The van der Waals surface area contributed by atoms with E-state index in [2.05, 4.69) is 0 Å². The standard InChI is InChI=1S/C15H19NO4.C9H13N3O2/c1-11-6-5-9-16(13(11)14(17)18)15(19)20-10-12-7-3-2-4-8-12;10-8(9(14)12-11)5-6-1-3-7(13)4-2-6/h2-4,7-8,11,13H,5-6,9-10H2,1H3,(H,17,18);1-4,8,13H,5,10-11H2,(H,12,14)/p-1/t11-,13+;8-/m11/s1. The van der Waals surface area contributed by atoms with E-state index in [1.807, 2.05) is 42.7 Å². The number of ether oxygens (including phenoxy) is 1. The van der Waals surface area contributed by atoms with Gasteiger partial charge in [-0.15, -0.1) is 0 Å². The maximum Gasteiger partial charge on any atom is 0.410 e. The molecule has 2 amide bonds. The number of nitrogens with zero attached hydrogens (tertiary/aromatic N) is 1. The third-order valence-electron chi connectivity index (χ3n) is 5.49. The molecule has 3 atom stereocenters. The number of phenolic OH excluding ortho intramolecular Hbond substituents is 1. The van der Waals surface area contributed by atoms with Crippen molar-refractivity contribution in [2.45, 2.75) is 44.9 Å². The van der Waals surface area contributed by atoms with Gasteiger partial charge in [0.15, 0.2) is 0 Å². The number of aromatic hydroxyl groups is 1. The van der Waals surface area contributed by atoms with E-state index in [1.54, 1.807) is 24.3 Å². The molecule has 0 unspecified atom stereocenters. The summed E-state index contributed by atoms with van der Waals surface area (Å²) >= 11 is 0. The van der Waals surface area contributed by atoms with Gasteiger partial charge in [0.25, 0.3) is 5.91 Å². The minimum absolute atomic E-state index is 0.113. The highest BCUT2D eigenvalue weighted by Crippen LogP contribution is 2.24. The largest absolute Gasteiger partial charge is 0.548 e. The summed E-state index contributed by atoms with van der Waals surface area (Å²) in [4.78, 5) is 35.5. The zero-order valence-electron chi connectivity index (χ0n) is 19.1. The summed E-state index contributed by atoms with van der Waals surface area (Å²) in [6.45, 7) is 2.36. The van der Waals surface area contributed by atoms with Crippen molar-refractivity contribution in [3.63, 3.8) is 0 Å². The number of hydrogen-bond acceptors (Lipinski definition) is 8. The number of rotatable bonds is 6. The van der Waals surface area contributed by atoms with Gasteiger partial charge in [-0.25, -0.2) is 10.6 Å². The van der Waals surface area contributed by atoms with Crippen LogP contribution < -0.4 is 22.1 Å². The molecule has 0 aliphatic carbocycles. The number of nitrogens with two attached hydrogens (primary N) is 2. The highest BCUT2D eigenvalue weighted by molar-refractivity contribution is 5.81. The highest BCUT2D eigenvalue weighted by Gasteiger charge is 2.33. The summed E-state index contributed by atoms with van der Waals surface area (Å²) in [6, 6.07) is 14.2. The Labute approximate surface area is 198 Å². The SMILES string of the molecule is C[C@@H]1CCCN(C(=O)OCc2ccccc2)[C@@H]1C(=O)[O-].NNC(=O)[C@H](N)Cc1ccc(O)cc1. The molecule has 2 aromatic rings. The number of nitrogens with one attached hydrogen (secondary N) is 1. The first-order valence-electron chi connectivity index (χ1n) is 10.9. The van der Waals surface area contributed by atoms with Crippen molar-refractivity contribution in [1.29, 1.82) is 0 Å². The van der Waals surface area contributed by atoms with E-state index < -0.39 is 30.1 Å². The summed E-state index contributed by atoms with van der Waals surface area (Å²) in [5.74, 6) is 3.39. The first-order chi connectivity index (χ1) is 16.2. The zero-order chi connectivity index (χ0) is 25.1. The molecule has 0 bridgehead atoms. The second-order valence-electron chi connectivity index (χ2n) is 8.10. The Morgan fingerprint density at radius 3 is 2.38 bits per heavy atom. The van der Waals surface area contributed by atoms with Gasteiger partial charge in [-0.3, -0.25) is 15.1 Å². The first kappa shape index (κ1) is 26.6. The van der Waals surface area contributed by atoms with Gasteiger partial charge in [0.2, 0.25) is 0 Å². The molecular formula is C24H31N4O6-. The fourth-order valence-electron chi connectivity index (χ4n) is 3.64. The Hall–Kier alpha value is -3.63. The van der Waals surface area contributed by atoms with Gasteiger partial charge in [-0.2, -0.15) is 0 Å². The second-order valence-corrected chi connectivity index (χ2v) is 8.10. The molecule has 1 saturated heterocycles. The molecular weight excluding hydrogens is 440 g/mol. The molecule has 0 saturated carbocycles. The lowest BCUT2D eigenvalue weighted by atomic mass is 9.91. The highest BCUT2D eigenvalue weighted by atomic mass is 16.6. The van der Waals surface area contributed by atoms with E-state index in [4.69, 9.17) is 21.4 Å². The third-order valence-corrected chi connectivity index (χ3v) is 5.49. The summed E-state index contributed by atoms with van der Waals surface area (Å²) in [7, 11) is 0. The molecule has 2 aromatic carbocycles. The van der Waals surface area contributed by atoms with Crippen molar-refractivity contribution in [1.82, 2.24) is 10.3 Å². The van der Waals surface area contributed by atoms with Crippen LogP contribution in [-0.2, 0) is 27.4 Å². The average Bonchev–Trinajstić information content (AvgIpc) is 2.84. The van der Waals surface area contributed by atoms with Gasteiger partial charge in [0.05, 0.1) is 18.1 Å². The summed E-state index contributed by atoms with van der Waals surface area (Å²) < 4.78 is 5.19. The predicted octanol–water partition coefficient (Wildman–Crippen LogP) is 0.426. The Morgan fingerprint density at radius 1 is 1.15 bits per heavy atom. The second kappa shape index (κ2) is 13.2. The predicted molar refractivity (Wildman–Crippen MR) is 123 cm³/mol. The molecule has 0 aromatic heterocycles. The van der Waals surface area contributed by atoms with Crippen molar-refractivity contribution >= 4 is 18.0 Å². The van der Waals surface area contributed by atoms with Gasteiger partial charge in [0, 0.05) is 6.54 Å². The Bertz CT molecular complexity index is 938. The molecule has 10 heteroatoms. The summed E-state index contributed by atoms with van der Waals surface area (Å²) in [5, 5.41) is 20.2. The Balaban J connectivity index is 0.000000257. The molecule has 3 rings (SSSR count). The number of aliphatic carboxylic acids is 1. The number of carboxylic acids is 1.